The number of carboxylic acid groups (broad SMARTS) is 1. The van der Waals surface area contributed by atoms with Crippen molar-refractivity contribution in [1.82, 2.24) is 4.90 Å². The first-order chi connectivity index (χ1) is 18.3. The van der Waals surface area contributed by atoms with Crippen LogP contribution in [0.15, 0.2) is 54.6 Å². The molecule has 5 nitrogen and oxygen atoms in total. The van der Waals surface area contributed by atoms with Crippen LogP contribution in [0.1, 0.15) is 70.7 Å². The number of nitrogens with zero attached hydrogens (tertiary/aromatic N) is 1. The van der Waals surface area contributed by atoms with Crippen LogP contribution in [0, 0.1) is 0 Å². The van der Waals surface area contributed by atoms with Gasteiger partial charge < -0.3 is 14.6 Å². The van der Waals surface area contributed by atoms with Crippen molar-refractivity contribution in [3.05, 3.63) is 93.5 Å². The van der Waals surface area contributed by atoms with Crippen molar-refractivity contribution < 1.29 is 28.2 Å². The minimum Gasteiger partial charge on any atom is -0.492 e. The largest absolute Gasteiger partial charge is 0.492 e. The Morgan fingerprint density at radius 1 is 1.11 bits per heavy atom. The van der Waals surface area contributed by atoms with E-state index in [-0.39, 0.29) is 24.0 Å². The molecule has 2 atom stereocenters. The standard InChI is InChI=1S/C31H31F2NO4/c1-31(32,33)27-10-8-25-24(26(27)17-34-13-12-19-4-2-3-5-20(19)16-34)9-11-28(25)38-22-6-7-23-21(14-30(35)36)18-37-29(23)15-22/h2-8,10,15,21,28H,9,11-14,16-18H2,1H3,(H,35,36). The Labute approximate surface area is 221 Å². The van der Waals surface area contributed by atoms with Crippen LogP contribution in [0.5, 0.6) is 11.5 Å². The van der Waals surface area contributed by atoms with Gasteiger partial charge in [0.2, 0.25) is 0 Å². The van der Waals surface area contributed by atoms with E-state index >= 15 is 0 Å². The molecule has 0 saturated carbocycles. The lowest BCUT2D eigenvalue weighted by Crippen LogP contribution is -2.31. The molecule has 0 radical (unpaired) electrons. The van der Waals surface area contributed by atoms with Crippen molar-refractivity contribution in [2.24, 2.45) is 0 Å². The van der Waals surface area contributed by atoms with Gasteiger partial charge in [-0.2, -0.15) is 0 Å². The van der Waals surface area contributed by atoms with Gasteiger partial charge in [0, 0.05) is 49.7 Å². The number of halogens is 2. The van der Waals surface area contributed by atoms with Crippen LogP contribution in [0.25, 0.3) is 0 Å². The zero-order valence-electron chi connectivity index (χ0n) is 21.4. The van der Waals surface area contributed by atoms with Gasteiger partial charge in [-0.15, -0.1) is 0 Å². The summed E-state index contributed by atoms with van der Waals surface area (Å²) in [6.07, 6.45) is 2.11. The Kier molecular flexibility index (Phi) is 6.34. The van der Waals surface area contributed by atoms with Gasteiger partial charge in [-0.3, -0.25) is 9.69 Å². The van der Waals surface area contributed by atoms with Crippen molar-refractivity contribution in [3.8, 4) is 11.5 Å². The van der Waals surface area contributed by atoms with E-state index in [9.17, 15) is 13.6 Å². The number of hydrogen-bond acceptors (Lipinski definition) is 4. The van der Waals surface area contributed by atoms with Crippen molar-refractivity contribution in [3.63, 3.8) is 0 Å². The molecule has 3 aromatic rings. The zero-order chi connectivity index (χ0) is 26.4. The number of fused-ring (bicyclic) bond motifs is 3. The molecule has 0 amide bonds. The number of carboxylic acids is 1. The summed E-state index contributed by atoms with van der Waals surface area (Å²) < 4.78 is 41.6. The van der Waals surface area contributed by atoms with E-state index < -0.39 is 11.9 Å². The molecule has 198 valence electrons. The van der Waals surface area contributed by atoms with Crippen LogP contribution >= 0.6 is 0 Å². The molecular formula is C31H31F2NO4. The van der Waals surface area contributed by atoms with Crippen molar-refractivity contribution in [1.29, 1.82) is 0 Å². The van der Waals surface area contributed by atoms with Crippen molar-refractivity contribution in [2.45, 2.75) is 63.6 Å². The summed E-state index contributed by atoms with van der Waals surface area (Å²) in [5, 5.41) is 9.15. The summed E-state index contributed by atoms with van der Waals surface area (Å²) in [6, 6.07) is 17.3. The molecule has 2 heterocycles. The third kappa shape index (κ3) is 4.75. The zero-order valence-corrected chi connectivity index (χ0v) is 21.4. The fourth-order valence-electron chi connectivity index (χ4n) is 6.24. The number of alkyl halides is 2. The number of ether oxygens (including phenoxy) is 2. The maximum atomic E-state index is 14.8. The maximum Gasteiger partial charge on any atom is 0.304 e. The highest BCUT2D eigenvalue weighted by atomic mass is 19.3. The van der Waals surface area contributed by atoms with Gasteiger partial charge in [0.1, 0.15) is 17.6 Å². The Hall–Kier alpha value is -3.45. The summed E-state index contributed by atoms with van der Waals surface area (Å²) in [4.78, 5) is 13.4. The molecule has 0 fully saturated rings. The summed E-state index contributed by atoms with van der Waals surface area (Å²) in [5.74, 6) is -2.66. The Bertz CT molecular complexity index is 1380. The predicted octanol–water partition coefficient (Wildman–Crippen LogP) is 6.37. The molecule has 3 aromatic carbocycles. The van der Waals surface area contributed by atoms with E-state index in [1.807, 2.05) is 30.3 Å². The second kappa shape index (κ2) is 9.70. The van der Waals surface area contributed by atoms with Gasteiger partial charge in [0.05, 0.1) is 13.0 Å². The second-order valence-electron chi connectivity index (χ2n) is 10.7. The maximum absolute atomic E-state index is 14.8. The number of rotatable bonds is 7. The van der Waals surface area contributed by atoms with Gasteiger partial charge >= 0.3 is 5.97 Å². The second-order valence-corrected chi connectivity index (χ2v) is 10.7. The molecule has 2 unspecified atom stereocenters. The van der Waals surface area contributed by atoms with Crippen LogP contribution in [0.2, 0.25) is 0 Å². The molecule has 0 bridgehead atoms. The molecule has 38 heavy (non-hydrogen) atoms. The van der Waals surface area contributed by atoms with Crippen LogP contribution in [0.4, 0.5) is 8.78 Å². The van der Waals surface area contributed by atoms with Gasteiger partial charge in [-0.25, -0.2) is 8.78 Å². The summed E-state index contributed by atoms with van der Waals surface area (Å²) in [6.45, 7) is 3.41. The van der Waals surface area contributed by atoms with Crippen LogP contribution in [0.3, 0.4) is 0 Å². The lowest BCUT2D eigenvalue weighted by Gasteiger charge is -2.31. The molecular weight excluding hydrogens is 488 g/mol. The molecule has 0 spiro atoms. The number of carbonyl (C=O) groups is 1. The highest BCUT2D eigenvalue weighted by Crippen LogP contribution is 2.44. The van der Waals surface area contributed by atoms with E-state index in [2.05, 4.69) is 23.1 Å². The van der Waals surface area contributed by atoms with Crippen molar-refractivity contribution in [2.75, 3.05) is 13.2 Å². The van der Waals surface area contributed by atoms with E-state index in [0.717, 1.165) is 48.7 Å². The summed E-state index contributed by atoms with van der Waals surface area (Å²) in [7, 11) is 0. The fraction of sp³-hybridized carbons (Fsp3) is 0.387. The minimum absolute atomic E-state index is 0.0268. The Balaban J connectivity index is 1.25. The average Bonchev–Trinajstić information content (AvgIpc) is 3.47. The number of benzene rings is 3. The monoisotopic (exact) mass is 519 g/mol. The third-order valence-electron chi connectivity index (χ3n) is 8.10. The van der Waals surface area contributed by atoms with E-state index in [0.29, 0.717) is 37.5 Å². The molecule has 6 rings (SSSR count). The molecule has 1 aliphatic carbocycles. The van der Waals surface area contributed by atoms with E-state index in [1.165, 1.54) is 11.1 Å². The molecule has 0 saturated heterocycles. The number of aliphatic carboxylic acids is 1. The topological polar surface area (TPSA) is 59.0 Å². The van der Waals surface area contributed by atoms with E-state index in [4.69, 9.17) is 14.6 Å². The lowest BCUT2D eigenvalue weighted by atomic mass is 9.92. The van der Waals surface area contributed by atoms with Gasteiger partial charge in [0.25, 0.3) is 5.92 Å². The first-order valence-electron chi connectivity index (χ1n) is 13.2. The molecule has 2 aliphatic heterocycles. The van der Waals surface area contributed by atoms with Gasteiger partial charge in [-0.05, 0) is 53.1 Å². The van der Waals surface area contributed by atoms with Crippen LogP contribution < -0.4 is 9.47 Å². The fourth-order valence-corrected chi connectivity index (χ4v) is 6.24. The SMILES string of the molecule is CC(F)(F)c1ccc2c(c1CN1CCc3ccccc3C1)CCC2Oc1ccc2c(c1)OCC2CC(=O)O. The lowest BCUT2D eigenvalue weighted by molar-refractivity contribution is -0.137. The molecule has 7 heteroatoms. The minimum atomic E-state index is -2.93. The van der Waals surface area contributed by atoms with E-state index in [1.54, 1.807) is 6.07 Å². The van der Waals surface area contributed by atoms with Gasteiger partial charge in [0.15, 0.2) is 0 Å². The molecule has 3 aliphatic rings. The Morgan fingerprint density at radius 3 is 2.68 bits per heavy atom. The first-order valence-corrected chi connectivity index (χ1v) is 13.2. The first kappa shape index (κ1) is 24.9. The predicted molar refractivity (Wildman–Crippen MR) is 139 cm³/mol. The van der Waals surface area contributed by atoms with Crippen molar-refractivity contribution >= 4 is 5.97 Å². The highest BCUT2D eigenvalue weighted by molar-refractivity contribution is 5.68. The van der Waals surface area contributed by atoms with Gasteiger partial charge in [-0.1, -0.05) is 42.5 Å². The summed E-state index contributed by atoms with van der Waals surface area (Å²) >= 11 is 0. The molecule has 1 N–H and O–H groups in total. The average molecular weight is 520 g/mol. The normalized spacial score (nSPS) is 20.4. The Morgan fingerprint density at radius 2 is 1.89 bits per heavy atom. The highest BCUT2D eigenvalue weighted by Gasteiger charge is 2.35. The summed E-state index contributed by atoms with van der Waals surface area (Å²) in [5.41, 5.74) is 6.26. The third-order valence-corrected chi connectivity index (χ3v) is 8.10. The molecule has 0 aromatic heterocycles. The quantitative estimate of drug-likeness (QED) is 0.393. The van der Waals surface area contributed by atoms with Crippen LogP contribution in [-0.2, 0) is 36.6 Å². The smallest absolute Gasteiger partial charge is 0.304 e. The van der Waals surface area contributed by atoms with Crippen LogP contribution in [-0.4, -0.2) is 29.1 Å². The number of hydrogen-bond donors (Lipinski definition) is 1.